The van der Waals surface area contributed by atoms with Gasteiger partial charge < -0.3 is 5.32 Å². The van der Waals surface area contributed by atoms with Crippen molar-refractivity contribution in [3.63, 3.8) is 0 Å². The smallest absolute Gasteiger partial charge is 0.123 e. The highest BCUT2D eigenvalue weighted by molar-refractivity contribution is 5.43. The summed E-state index contributed by atoms with van der Waals surface area (Å²) in [5.41, 5.74) is 5.16. The zero-order valence-electron chi connectivity index (χ0n) is 11.9. The van der Waals surface area contributed by atoms with Crippen LogP contribution in [0.15, 0.2) is 18.2 Å². The van der Waals surface area contributed by atoms with E-state index in [2.05, 4.69) is 24.3 Å². The maximum Gasteiger partial charge on any atom is 0.123 e. The van der Waals surface area contributed by atoms with Gasteiger partial charge in [-0.25, -0.2) is 9.07 Å². The second-order valence-corrected chi connectivity index (χ2v) is 4.77. The first-order valence-electron chi connectivity index (χ1n) is 6.57. The first-order valence-corrected chi connectivity index (χ1v) is 6.57. The Morgan fingerprint density at radius 2 is 2.00 bits per heavy atom. The van der Waals surface area contributed by atoms with Crippen LogP contribution in [0.2, 0.25) is 0 Å². The third-order valence-corrected chi connectivity index (χ3v) is 3.38. The van der Waals surface area contributed by atoms with Crippen LogP contribution in [0.25, 0.3) is 5.69 Å². The second kappa shape index (κ2) is 5.53. The third kappa shape index (κ3) is 2.68. The Labute approximate surface area is 113 Å². The summed E-state index contributed by atoms with van der Waals surface area (Å²) in [4.78, 5) is 0. The number of nitrogens with one attached hydrogen (secondary N) is 1. The van der Waals surface area contributed by atoms with Crippen molar-refractivity contribution < 1.29 is 4.39 Å². The van der Waals surface area contributed by atoms with Gasteiger partial charge in [0.15, 0.2) is 0 Å². The third-order valence-electron chi connectivity index (χ3n) is 3.38. The molecule has 1 aromatic heterocycles. The summed E-state index contributed by atoms with van der Waals surface area (Å²) in [5.74, 6) is -0.212. The maximum atomic E-state index is 13.2. The van der Waals surface area contributed by atoms with Gasteiger partial charge in [0.1, 0.15) is 5.82 Å². The van der Waals surface area contributed by atoms with Crippen molar-refractivity contribution in [3.8, 4) is 5.69 Å². The Kier molecular flexibility index (Phi) is 4.00. The van der Waals surface area contributed by atoms with E-state index in [9.17, 15) is 4.39 Å². The van der Waals surface area contributed by atoms with E-state index in [1.807, 2.05) is 18.5 Å². The predicted octanol–water partition coefficient (Wildman–Crippen LogP) is 3.05. The Morgan fingerprint density at radius 1 is 1.26 bits per heavy atom. The van der Waals surface area contributed by atoms with Crippen LogP contribution in [-0.4, -0.2) is 16.3 Å². The number of aromatic nitrogens is 2. The van der Waals surface area contributed by atoms with Gasteiger partial charge in [0.2, 0.25) is 0 Å². The maximum absolute atomic E-state index is 13.2. The average Bonchev–Trinajstić information content (AvgIpc) is 2.63. The van der Waals surface area contributed by atoms with E-state index in [1.165, 1.54) is 17.7 Å². The summed E-state index contributed by atoms with van der Waals surface area (Å²) in [6.07, 6.45) is 0. The molecule has 0 aliphatic heterocycles. The summed E-state index contributed by atoms with van der Waals surface area (Å²) in [6, 6.07) is 4.79. The van der Waals surface area contributed by atoms with Crippen molar-refractivity contribution in [2.75, 3.05) is 6.54 Å². The molecule has 1 aromatic carbocycles. The average molecular weight is 261 g/mol. The zero-order chi connectivity index (χ0) is 14.0. The van der Waals surface area contributed by atoms with Gasteiger partial charge in [-0.15, -0.1) is 0 Å². The molecule has 0 aliphatic rings. The molecule has 0 bridgehead atoms. The number of nitrogens with zero attached hydrogens (tertiary/aromatic N) is 2. The number of hydrogen-bond acceptors (Lipinski definition) is 2. The van der Waals surface area contributed by atoms with Crippen molar-refractivity contribution in [2.24, 2.45) is 0 Å². The van der Waals surface area contributed by atoms with E-state index in [-0.39, 0.29) is 5.82 Å². The molecule has 0 amide bonds. The second-order valence-electron chi connectivity index (χ2n) is 4.77. The Hall–Kier alpha value is -1.68. The molecular weight excluding hydrogens is 241 g/mol. The first-order chi connectivity index (χ1) is 9.04. The van der Waals surface area contributed by atoms with Gasteiger partial charge in [-0.1, -0.05) is 6.92 Å². The molecule has 0 saturated carbocycles. The molecule has 0 spiro atoms. The van der Waals surface area contributed by atoms with Gasteiger partial charge in [-0.2, -0.15) is 5.10 Å². The lowest BCUT2D eigenvalue weighted by Gasteiger charge is -2.09. The summed E-state index contributed by atoms with van der Waals surface area (Å²) in [6.45, 7) is 9.79. The van der Waals surface area contributed by atoms with E-state index >= 15 is 0 Å². The van der Waals surface area contributed by atoms with Gasteiger partial charge in [0, 0.05) is 17.8 Å². The predicted molar refractivity (Wildman–Crippen MR) is 75.1 cm³/mol. The fourth-order valence-electron chi connectivity index (χ4n) is 2.27. The van der Waals surface area contributed by atoms with Crippen LogP contribution < -0.4 is 5.32 Å². The molecule has 3 nitrogen and oxygen atoms in total. The van der Waals surface area contributed by atoms with Gasteiger partial charge in [0.25, 0.3) is 0 Å². The lowest BCUT2D eigenvalue weighted by Crippen LogP contribution is -2.13. The normalized spacial score (nSPS) is 11.0. The van der Waals surface area contributed by atoms with E-state index in [1.54, 1.807) is 6.07 Å². The van der Waals surface area contributed by atoms with Gasteiger partial charge >= 0.3 is 0 Å². The highest BCUT2D eigenvalue weighted by Crippen LogP contribution is 2.21. The number of rotatable bonds is 4. The summed E-state index contributed by atoms with van der Waals surface area (Å²) < 4.78 is 15.1. The minimum atomic E-state index is -0.212. The number of aryl methyl sites for hydroxylation is 2. The van der Waals surface area contributed by atoms with Crippen LogP contribution >= 0.6 is 0 Å². The summed E-state index contributed by atoms with van der Waals surface area (Å²) >= 11 is 0. The Bertz CT molecular complexity index is 587. The fourth-order valence-corrected chi connectivity index (χ4v) is 2.27. The van der Waals surface area contributed by atoms with E-state index in [0.717, 1.165) is 35.7 Å². The molecule has 1 N–H and O–H groups in total. The molecule has 102 valence electrons. The van der Waals surface area contributed by atoms with E-state index in [0.29, 0.717) is 0 Å². The van der Waals surface area contributed by atoms with Crippen LogP contribution in [0.3, 0.4) is 0 Å². The molecule has 0 fully saturated rings. The van der Waals surface area contributed by atoms with Gasteiger partial charge in [-0.3, -0.25) is 0 Å². The monoisotopic (exact) mass is 261 g/mol. The summed E-state index contributed by atoms with van der Waals surface area (Å²) in [7, 11) is 0. The SMILES string of the molecule is CCNCc1c(C)nn(-c2ccc(F)cc2C)c1C. The highest BCUT2D eigenvalue weighted by Gasteiger charge is 2.13. The molecule has 2 rings (SSSR count). The molecule has 2 aromatic rings. The molecule has 1 heterocycles. The number of benzene rings is 1. The lowest BCUT2D eigenvalue weighted by molar-refractivity contribution is 0.625. The molecule has 0 saturated heterocycles. The molecule has 0 atom stereocenters. The van der Waals surface area contributed by atoms with Gasteiger partial charge in [0.05, 0.1) is 11.4 Å². The molecule has 0 unspecified atom stereocenters. The van der Waals surface area contributed by atoms with Crippen LogP contribution in [0, 0.1) is 26.6 Å². The lowest BCUT2D eigenvalue weighted by atomic mass is 10.1. The Balaban J connectivity index is 2.45. The summed E-state index contributed by atoms with van der Waals surface area (Å²) in [5, 5.41) is 7.90. The van der Waals surface area contributed by atoms with Crippen molar-refractivity contribution >= 4 is 0 Å². The Morgan fingerprint density at radius 3 is 2.63 bits per heavy atom. The van der Waals surface area contributed by atoms with Crippen LogP contribution in [-0.2, 0) is 6.54 Å². The molecular formula is C15H20FN3. The zero-order valence-corrected chi connectivity index (χ0v) is 11.9. The van der Waals surface area contributed by atoms with Crippen molar-refractivity contribution in [3.05, 3.63) is 46.5 Å². The largest absolute Gasteiger partial charge is 0.313 e. The molecule has 19 heavy (non-hydrogen) atoms. The number of halogens is 1. The van der Waals surface area contributed by atoms with Crippen LogP contribution in [0.4, 0.5) is 4.39 Å². The minimum absolute atomic E-state index is 0.212. The van der Waals surface area contributed by atoms with Crippen LogP contribution in [0.1, 0.15) is 29.4 Å². The van der Waals surface area contributed by atoms with Gasteiger partial charge in [-0.05, 0) is 51.1 Å². The molecule has 0 radical (unpaired) electrons. The van der Waals surface area contributed by atoms with E-state index < -0.39 is 0 Å². The molecule has 4 heteroatoms. The highest BCUT2D eigenvalue weighted by atomic mass is 19.1. The standard InChI is InChI=1S/C15H20FN3/c1-5-17-9-14-11(3)18-19(12(14)4)15-7-6-13(16)8-10(15)2/h6-8,17H,5,9H2,1-4H3. The van der Waals surface area contributed by atoms with Crippen molar-refractivity contribution in [1.82, 2.24) is 15.1 Å². The quantitative estimate of drug-likeness (QED) is 0.916. The van der Waals surface area contributed by atoms with E-state index in [4.69, 9.17) is 0 Å². The van der Waals surface area contributed by atoms with Crippen LogP contribution in [0.5, 0.6) is 0 Å². The number of hydrogen-bond donors (Lipinski definition) is 1. The van der Waals surface area contributed by atoms with Crippen molar-refractivity contribution in [2.45, 2.75) is 34.2 Å². The van der Waals surface area contributed by atoms with Crippen molar-refractivity contribution in [1.29, 1.82) is 0 Å². The fraction of sp³-hybridized carbons (Fsp3) is 0.400. The first kappa shape index (κ1) is 13.7. The topological polar surface area (TPSA) is 29.9 Å². The minimum Gasteiger partial charge on any atom is -0.313 e. The molecule has 0 aliphatic carbocycles.